The van der Waals surface area contributed by atoms with Crippen LogP contribution in [0, 0.1) is 0 Å². The molecule has 0 saturated carbocycles. The molecule has 0 unspecified atom stereocenters. The summed E-state index contributed by atoms with van der Waals surface area (Å²) in [5, 5.41) is 5.76. The van der Waals surface area contributed by atoms with Gasteiger partial charge in [-0.1, -0.05) is 57.5 Å². The predicted molar refractivity (Wildman–Crippen MR) is 133 cm³/mol. The maximum Gasteiger partial charge on any atom is 0.257 e. The molecule has 0 aliphatic heterocycles. The molecule has 2 aromatic carbocycles. The largest absolute Gasteiger partial charge is 0.484 e. The standard InChI is InChI=1S/C24H30Br2N2O4/c25-19-7-11-21(12-8-19)31-17-23(29)27-15-5-3-1-2-4-6-16-28-24(30)18-32-22-13-9-20(26)10-14-22/h7-14H,1-6,15-18H2,(H,27,29)(H,28,30). The Balaban J connectivity index is 1.36. The molecule has 174 valence electrons. The van der Waals surface area contributed by atoms with Crippen LogP contribution in [0.3, 0.4) is 0 Å². The Morgan fingerprint density at radius 1 is 0.594 bits per heavy atom. The summed E-state index contributed by atoms with van der Waals surface area (Å²) in [4.78, 5) is 23.6. The zero-order valence-corrected chi connectivity index (χ0v) is 21.3. The quantitative estimate of drug-likeness (QED) is 0.287. The van der Waals surface area contributed by atoms with E-state index in [1.807, 2.05) is 48.5 Å². The van der Waals surface area contributed by atoms with Crippen LogP contribution in [-0.4, -0.2) is 38.1 Å². The third-order valence-electron chi connectivity index (χ3n) is 4.62. The maximum absolute atomic E-state index is 11.8. The van der Waals surface area contributed by atoms with Crippen molar-refractivity contribution in [1.82, 2.24) is 10.6 Å². The lowest BCUT2D eigenvalue weighted by atomic mass is 10.1. The van der Waals surface area contributed by atoms with E-state index in [1.54, 1.807) is 0 Å². The summed E-state index contributed by atoms with van der Waals surface area (Å²) in [7, 11) is 0. The molecule has 2 N–H and O–H groups in total. The first-order valence-corrected chi connectivity index (χ1v) is 12.4. The molecule has 0 aliphatic rings. The number of benzene rings is 2. The number of hydrogen-bond donors (Lipinski definition) is 2. The van der Waals surface area contributed by atoms with Crippen molar-refractivity contribution in [3.05, 3.63) is 57.5 Å². The summed E-state index contributed by atoms with van der Waals surface area (Å²) in [6.07, 6.45) is 6.28. The van der Waals surface area contributed by atoms with Crippen LogP contribution in [0.15, 0.2) is 57.5 Å². The third kappa shape index (κ3) is 12.1. The second-order valence-electron chi connectivity index (χ2n) is 7.31. The predicted octanol–water partition coefficient (Wildman–Crippen LogP) is 5.24. The van der Waals surface area contributed by atoms with Crippen LogP contribution in [-0.2, 0) is 9.59 Å². The minimum Gasteiger partial charge on any atom is -0.484 e. The van der Waals surface area contributed by atoms with E-state index >= 15 is 0 Å². The Hall–Kier alpha value is -2.06. The lowest BCUT2D eigenvalue weighted by Gasteiger charge is -2.08. The molecule has 0 bridgehead atoms. The highest BCUT2D eigenvalue weighted by Crippen LogP contribution is 2.16. The first kappa shape index (κ1) is 26.2. The highest BCUT2D eigenvalue weighted by Gasteiger charge is 2.03. The molecule has 0 radical (unpaired) electrons. The molecule has 0 atom stereocenters. The molecule has 0 aliphatic carbocycles. The van der Waals surface area contributed by atoms with Gasteiger partial charge in [-0.3, -0.25) is 9.59 Å². The van der Waals surface area contributed by atoms with Crippen molar-refractivity contribution in [2.45, 2.75) is 38.5 Å². The second-order valence-corrected chi connectivity index (χ2v) is 9.14. The summed E-state index contributed by atoms with van der Waals surface area (Å²) < 4.78 is 12.8. The number of halogens is 2. The van der Waals surface area contributed by atoms with E-state index in [9.17, 15) is 9.59 Å². The Kier molecular flexibility index (Phi) is 12.8. The van der Waals surface area contributed by atoms with Crippen LogP contribution in [0.2, 0.25) is 0 Å². The van der Waals surface area contributed by atoms with Gasteiger partial charge < -0.3 is 20.1 Å². The lowest BCUT2D eigenvalue weighted by molar-refractivity contribution is -0.123. The molecule has 2 aromatic rings. The van der Waals surface area contributed by atoms with Crippen molar-refractivity contribution in [2.75, 3.05) is 26.3 Å². The van der Waals surface area contributed by atoms with Gasteiger partial charge in [0.25, 0.3) is 11.8 Å². The molecule has 6 nitrogen and oxygen atoms in total. The summed E-state index contributed by atoms with van der Waals surface area (Å²) in [6, 6.07) is 14.8. The SMILES string of the molecule is O=C(COc1ccc(Br)cc1)NCCCCCCCCNC(=O)COc1ccc(Br)cc1. The Bertz CT molecular complexity index is 744. The van der Waals surface area contributed by atoms with E-state index in [-0.39, 0.29) is 25.0 Å². The van der Waals surface area contributed by atoms with Crippen molar-refractivity contribution >= 4 is 43.7 Å². The molecular weight excluding hydrogens is 540 g/mol. The first-order valence-electron chi connectivity index (χ1n) is 10.8. The van der Waals surface area contributed by atoms with Crippen LogP contribution in [0.1, 0.15) is 38.5 Å². The third-order valence-corrected chi connectivity index (χ3v) is 5.67. The van der Waals surface area contributed by atoms with Gasteiger partial charge in [-0.25, -0.2) is 0 Å². The number of amides is 2. The molecule has 0 spiro atoms. The second kappa shape index (κ2) is 15.7. The molecular formula is C24H30Br2N2O4. The van der Waals surface area contributed by atoms with Gasteiger partial charge in [-0.05, 0) is 61.4 Å². The molecule has 0 saturated heterocycles. The van der Waals surface area contributed by atoms with E-state index < -0.39 is 0 Å². The smallest absolute Gasteiger partial charge is 0.257 e. The number of hydrogen-bond acceptors (Lipinski definition) is 4. The van der Waals surface area contributed by atoms with Gasteiger partial charge in [0.15, 0.2) is 13.2 Å². The fourth-order valence-corrected chi connectivity index (χ4v) is 3.40. The summed E-state index contributed by atoms with van der Waals surface area (Å²) >= 11 is 6.72. The molecule has 0 heterocycles. The van der Waals surface area contributed by atoms with Gasteiger partial charge in [0, 0.05) is 22.0 Å². The molecule has 8 heteroatoms. The van der Waals surface area contributed by atoms with Crippen LogP contribution < -0.4 is 20.1 Å². The minimum absolute atomic E-state index is 0.0293. The van der Waals surface area contributed by atoms with Crippen molar-refractivity contribution in [2.24, 2.45) is 0 Å². The normalized spacial score (nSPS) is 10.4. The van der Waals surface area contributed by atoms with Crippen LogP contribution in [0.4, 0.5) is 0 Å². The average Bonchev–Trinajstić information content (AvgIpc) is 2.79. The molecule has 32 heavy (non-hydrogen) atoms. The number of ether oxygens (including phenoxy) is 2. The van der Waals surface area contributed by atoms with Crippen LogP contribution in [0.5, 0.6) is 11.5 Å². The fraction of sp³-hybridized carbons (Fsp3) is 0.417. The minimum atomic E-state index is -0.104. The molecule has 0 fully saturated rings. The molecule has 2 rings (SSSR count). The Morgan fingerprint density at radius 3 is 1.31 bits per heavy atom. The highest BCUT2D eigenvalue weighted by molar-refractivity contribution is 9.10. The van der Waals surface area contributed by atoms with E-state index in [0.29, 0.717) is 24.6 Å². The van der Waals surface area contributed by atoms with E-state index in [1.165, 1.54) is 0 Å². The molecule has 0 aromatic heterocycles. The maximum atomic E-state index is 11.8. The summed E-state index contributed by atoms with van der Waals surface area (Å²) in [5.74, 6) is 1.15. The average molecular weight is 570 g/mol. The van der Waals surface area contributed by atoms with Gasteiger partial charge in [-0.15, -0.1) is 0 Å². The number of nitrogens with one attached hydrogen (secondary N) is 2. The molecule has 2 amide bonds. The van der Waals surface area contributed by atoms with E-state index in [0.717, 1.165) is 47.5 Å². The zero-order valence-electron chi connectivity index (χ0n) is 18.1. The van der Waals surface area contributed by atoms with Crippen molar-refractivity contribution < 1.29 is 19.1 Å². The highest BCUT2D eigenvalue weighted by atomic mass is 79.9. The summed E-state index contributed by atoms with van der Waals surface area (Å²) in [5.41, 5.74) is 0. The Morgan fingerprint density at radius 2 is 0.938 bits per heavy atom. The lowest BCUT2D eigenvalue weighted by Crippen LogP contribution is -2.29. The Labute approximate surface area is 206 Å². The van der Waals surface area contributed by atoms with Crippen molar-refractivity contribution in [3.8, 4) is 11.5 Å². The fourth-order valence-electron chi connectivity index (χ4n) is 2.87. The van der Waals surface area contributed by atoms with Crippen LogP contribution in [0.25, 0.3) is 0 Å². The van der Waals surface area contributed by atoms with Crippen molar-refractivity contribution in [1.29, 1.82) is 0 Å². The number of carbonyl (C=O) groups excluding carboxylic acids is 2. The van der Waals surface area contributed by atoms with Crippen LogP contribution >= 0.6 is 31.9 Å². The number of unbranched alkanes of at least 4 members (excludes halogenated alkanes) is 5. The number of carbonyl (C=O) groups is 2. The van der Waals surface area contributed by atoms with E-state index in [2.05, 4.69) is 42.5 Å². The monoisotopic (exact) mass is 568 g/mol. The first-order chi connectivity index (χ1) is 15.5. The van der Waals surface area contributed by atoms with Gasteiger partial charge in [0.05, 0.1) is 0 Å². The summed E-state index contributed by atoms with van der Waals surface area (Å²) in [6.45, 7) is 1.39. The van der Waals surface area contributed by atoms with Gasteiger partial charge in [-0.2, -0.15) is 0 Å². The van der Waals surface area contributed by atoms with E-state index in [4.69, 9.17) is 9.47 Å². The van der Waals surface area contributed by atoms with Gasteiger partial charge in [0.1, 0.15) is 11.5 Å². The van der Waals surface area contributed by atoms with Crippen molar-refractivity contribution in [3.63, 3.8) is 0 Å². The topological polar surface area (TPSA) is 76.7 Å². The number of rotatable bonds is 15. The zero-order chi connectivity index (χ0) is 23.0. The van der Waals surface area contributed by atoms with Gasteiger partial charge in [0.2, 0.25) is 0 Å². The van der Waals surface area contributed by atoms with Gasteiger partial charge >= 0.3 is 0 Å².